The maximum absolute atomic E-state index is 12.4. The Hall–Kier alpha value is -3.06. The van der Waals surface area contributed by atoms with Gasteiger partial charge < -0.3 is 19.7 Å². The molecule has 152 valence electrons. The van der Waals surface area contributed by atoms with Gasteiger partial charge in [0, 0.05) is 23.7 Å². The number of esters is 1. The van der Waals surface area contributed by atoms with Crippen LogP contribution >= 0.6 is 11.6 Å². The van der Waals surface area contributed by atoms with Gasteiger partial charge in [0.1, 0.15) is 5.75 Å². The van der Waals surface area contributed by atoms with Crippen LogP contribution in [0, 0.1) is 12.8 Å². The van der Waals surface area contributed by atoms with Crippen molar-refractivity contribution >= 4 is 40.8 Å². The fourth-order valence-corrected chi connectivity index (χ4v) is 3.22. The summed E-state index contributed by atoms with van der Waals surface area (Å²) in [4.78, 5) is 38.3. The molecule has 0 aliphatic carbocycles. The summed E-state index contributed by atoms with van der Waals surface area (Å²) >= 11 is 5.80. The first-order chi connectivity index (χ1) is 13.9. The van der Waals surface area contributed by atoms with E-state index in [4.69, 9.17) is 21.1 Å². The second-order valence-corrected chi connectivity index (χ2v) is 7.18. The zero-order valence-electron chi connectivity index (χ0n) is 16.1. The van der Waals surface area contributed by atoms with Crippen molar-refractivity contribution in [3.63, 3.8) is 0 Å². The molecule has 1 heterocycles. The quantitative estimate of drug-likeness (QED) is 0.731. The summed E-state index contributed by atoms with van der Waals surface area (Å²) in [5.74, 6) is -1.33. The molecule has 2 aromatic carbocycles. The van der Waals surface area contributed by atoms with E-state index in [2.05, 4.69) is 5.32 Å². The van der Waals surface area contributed by atoms with Crippen LogP contribution in [-0.2, 0) is 19.1 Å². The molecule has 0 radical (unpaired) electrons. The number of benzene rings is 2. The second-order valence-electron chi connectivity index (χ2n) is 6.74. The highest BCUT2D eigenvalue weighted by Crippen LogP contribution is 2.34. The Morgan fingerprint density at radius 1 is 1.21 bits per heavy atom. The molecule has 1 saturated heterocycles. The van der Waals surface area contributed by atoms with Crippen LogP contribution in [0.4, 0.5) is 11.4 Å². The Labute approximate surface area is 173 Å². The molecule has 3 rings (SSSR count). The van der Waals surface area contributed by atoms with Gasteiger partial charge in [0.05, 0.1) is 18.7 Å². The monoisotopic (exact) mass is 416 g/mol. The molecule has 1 aliphatic heterocycles. The minimum Gasteiger partial charge on any atom is -0.495 e. The number of hydrogen-bond donors (Lipinski definition) is 1. The second kappa shape index (κ2) is 8.96. The van der Waals surface area contributed by atoms with E-state index >= 15 is 0 Å². The maximum atomic E-state index is 12.4. The Morgan fingerprint density at radius 2 is 1.93 bits per heavy atom. The third-order valence-electron chi connectivity index (χ3n) is 4.56. The molecule has 0 spiro atoms. The van der Waals surface area contributed by atoms with E-state index in [0.717, 1.165) is 5.56 Å². The molecule has 1 atom stereocenters. The van der Waals surface area contributed by atoms with Gasteiger partial charge >= 0.3 is 5.97 Å². The fourth-order valence-electron chi connectivity index (χ4n) is 3.09. The predicted octanol–water partition coefficient (Wildman–Crippen LogP) is 3.19. The van der Waals surface area contributed by atoms with Crippen molar-refractivity contribution in [3.8, 4) is 5.75 Å². The number of methoxy groups -OCH3 is 1. The number of rotatable bonds is 6. The van der Waals surface area contributed by atoms with Gasteiger partial charge in [-0.15, -0.1) is 0 Å². The Kier molecular flexibility index (Phi) is 6.39. The molecule has 29 heavy (non-hydrogen) atoms. The van der Waals surface area contributed by atoms with Gasteiger partial charge in [-0.05, 0) is 48.9 Å². The van der Waals surface area contributed by atoms with Crippen LogP contribution in [0.15, 0.2) is 42.5 Å². The predicted molar refractivity (Wildman–Crippen MR) is 109 cm³/mol. The van der Waals surface area contributed by atoms with Gasteiger partial charge in [-0.3, -0.25) is 14.4 Å². The van der Waals surface area contributed by atoms with Gasteiger partial charge in [-0.25, -0.2) is 0 Å². The lowest BCUT2D eigenvalue weighted by atomic mass is 10.1. The number of carbonyl (C=O) groups is 3. The Bertz CT molecular complexity index is 929. The minimum absolute atomic E-state index is 0.0226. The lowest BCUT2D eigenvalue weighted by molar-refractivity contribution is -0.151. The molecule has 1 aliphatic rings. The standard InChI is InChI=1S/C21H21ClN2O5/c1-13-3-8-18(28-2)17(9-13)24-11-14(10-20(24)26)21(27)29-12-19(25)23-16-6-4-15(22)5-7-16/h3-9,14H,10-12H2,1-2H3,(H,23,25)/t14-/m1/s1. The van der Waals surface area contributed by atoms with Crippen molar-refractivity contribution < 1.29 is 23.9 Å². The summed E-state index contributed by atoms with van der Waals surface area (Å²) in [7, 11) is 1.53. The topological polar surface area (TPSA) is 84.9 Å². The van der Waals surface area contributed by atoms with Crippen LogP contribution in [-0.4, -0.2) is 38.0 Å². The molecular formula is C21H21ClN2O5. The van der Waals surface area contributed by atoms with E-state index in [-0.39, 0.29) is 18.9 Å². The van der Waals surface area contributed by atoms with Crippen molar-refractivity contribution in [1.82, 2.24) is 0 Å². The first kappa shape index (κ1) is 20.7. The van der Waals surface area contributed by atoms with Crippen molar-refractivity contribution in [2.24, 2.45) is 5.92 Å². The van der Waals surface area contributed by atoms with Crippen molar-refractivity contribution in [2.75, 3.05) is 30.5 Å². The number of halogens is 1. The van der Waals surface area contributed by atoms with E-state index in [1.165, 1.54) is 12.0 Å². The molecule has 0 saturated carbocycles. The average molecular weight is 417 g/mol. The smallest absolute Gasteiger partial charge is 0.311 e. The number of ether oxygens (including phenoxy) is 2. The summed E-state index contributed by atoms with van der Waals surface area (Å²) in [5, 5.41) is 3.16. The molecule has 8 heteroatoms. The van der Waals surface area contributed by atoms with E-state index in [9.17, 15) is 14.4 Å². The van der Waals surface area contributed by atoms with Gasteiger partial charge in [0.25, 0.3) is 5.91 Å². The normalized spacial score (nSPS) is 15.9. The third-order valence-corrected chi connectivity index (χ3v) is 4.81. The number of carbonyl (C=O) groups excluding carboxylic acids is 3. The lowest BCUT2D eigenvalue weighted by Gasteiger charge is -2.20. The van der Waals surface area contributed by atoms with Crippen LogP contribution in [0.5, 0.6) is 5.75 Å². The number of nitrogens with zero attached hydrogens (tertiary/aromatic N) is 1. The van der Waals surface area contributed by atoms with E-state index in [1.54, 1.807) is 30.3 Å². The van der Waals surface area contributed by atoms with Crippen LogP contribution in [0.25, 0.3) is 0 Å². The molecule has 7 nitrogen and oxygen atoms in total. The summed E-state index contributed by atoms with van der Waals surface area (Å²) in [6.45, 7) is 1.66. The SMILES string of the molecule is COc1ccc(C)cc1N1C[C@H](C(=O)OCC(=O)Nc2ccc(Cl)cc2)CC1=O. The highest BCUT2D eigenvalue weighted by atomic mass is 35.5. The minimum atomic E-state index is -0.643. The highest BCUT2D eigenvalue weighted by Gasteiger charge is 2.37. The van der Waals surface area contributed by atoms with Crippen molar-refractivity contribution in [3.05, 3.63) is 53.1 Å². The van der Waals surface area contributed by atoms with Gasteiger partial charge in [-0.2, -0.15) is 0 Å². The average Bonchev–Trinajstić information content (AvgIpc) is 3.09. The molecule has 1 N–H and O–H groups in total. The number of amides is 2. The van der Waals surface area contributed by atoms with Gasteiger partial charge in [0.2, 0.25) is 5.91 Å². The van der Waals surface area contributed by atoms with E-state index in [0.29, 0.717) is 22.1 Å². The largest absolute Gasteiger partial charge is 0.495 e. The van der Waals surface area contributed by atoms with Crippen LogP contribution in [0.2, 0.25) is 5.02 Å². The first-order valence-corrected chi connectivity index (χ1v) is 9.42. The number of anilines is 2. The summed E-state index contributed by atoms with van der Waals surface area (Å²) in [6, 6.07) is 12.1. The van der Waals surface area contributed by atoms with Crippen LogP contribution in [0.1, 0.15) is 12.0 Å². The number of hydrogen-bond acceptors (Lipinski definition) is 5. The Balaban J connectivity index is 1.57. The number of aryl methyl sites for hydroxylation is 1. The molecule has 2 amide bonds. The summed E-state index contributed by atoms with van der Waals surface area (Å²) < 4.78 is 10.4. The Morgan fingerprint density at radius 3 is 2.62 bits per heavy atom. The van der Waals surface area contributed by atoms with Gasteiger partial charge in [-0.1, -0.05) is 17.7 Å². The van der Waals surface area contributed by atoms with Crippen molar-refractivity contribution in [1.29, 1.82) is 0 Å². The summed E-state index contributed by atoms with van der Waals surface area (Å²) in [6.07, 6.45) is 0.0226. The van der Waals surface area contributed by atoms with Crippen molar-refractivity contribution in [2.45, 2.75) is 13.3 Å². The fraction of sp³-hybridized carbons (Fsp3) is 0.286. The lowest BCUT2D eigenvalue weighted by Crippen LogP contribution is -2.28. The zero-order valence-corrected chi connectivity index (χ0v) is 16.9. The summed E-state index contributed by atoms with van der Waals surface area (Å²) in [5.41, 5.74) is 2.14. The third kappa shape index (κ3) is 5.06. The van der Waals surface area contributed by atoms with Crippen LogP contribution < -0.4 is 15.0 Å². The molecular weight excluding hydrogens is 396 g/mol. The first-order valence-electron chi connectivity index (χ1n) is 9.04. The molecule has 0 aromatic heterocycles. The molecule has 0 unspecified atom stereocenters. The number of nitrogens with one attached hydrogen (secondary N) is 1. The highest BCUT2D eigenvalue weighted by molar-refractivity contribution is 6.30. The van der Waals surface area contributed by atoms with Crippen LogP contribution in [0.3, 0.4) is 0 Å². The molecule has 0 bridgehead atoms. The maximum Gasteiger partial charge on any atom is 0.311 e. The van der Waals surface area contributed by atoms with E-state index < -0.39 is 24.4 Å². The van der Waals surface area contributed by atoms with Gasteiger partial charge in [0.15, 0.2) is 6.61 Å². The van der Waals surface area contributed by atoms with E-state index in [1.807, 2.05) is 19.1 Å². The molecule has 1 fully saturated rings. The zero-order chi connectivity index (χ0) is 21.0. The molecule has 2 aromatic rings.